The number of carbonyl (C=O) groups excluding carboxylic acids is 3. The largest absolute Gasteiger partial charge is 0.448 e. The van der Waals surface area contributed by atoms with Gasteiger partial charge in [0.25, 0.3) is 5.91 Å². The van der Waals surface area contributed by atoms with Gasteiger partial charge in [-0.15, -0.1) is 5.01 Å². The SMILES string of the molecule is CCOC(=O)N1C(=O)[C@@](CC)(c2ccc(Cl)cc2)N1C(=O)OCC. The molecule has 0 spiro atoms. The number of nitrogens with zero attached hydrogens (tertiary/aromatic N) is 2. The van der Waals surface area contributed by atoms with E-state index in [0.717, 1.165) is 5.01 Å². The van der Waals surface area contributed by atoms with Crippen molar-refractivity contribution in [2.24, 2.45) is 0 Å². The third-order valence-corrected chi connectivity index (χ3v) is 4.07. The van der Waals surface area contributed by atoms with Crippen molar-refractivity contribution < 1.29 is 23.9 Å². The molecule has 0 N–H and O–H groups in total. The zero-order valence-corrected chi connectivity index (χ0v) is 14.5. The quantitative estimate of drug-likeness (QED) is 0.829. The minimum Gasteiger partial charge on any atom is -0.448 e. The maximum absolute atomic E-state index is 12.8. The summed E-state index contributed by atoms with van der Waals surface area (Å²) in [4.78, 5) is 37.2. The van der Waals surface area contributed by atoms with Crippen LogP contribution in [0.3, 0.4) is 0 Å². The van der Waals surface area contributed by atoms with E-state index in [1.807, 2.05) is 0 Å². The van der Waals surface area contributed by atoms with Crippen molar-refractivity contribution >= 4 is 29.7 Å². The van der Waals surface area contributed by atoms with E-state index in [9.17, 15) is 14.4 Å². The molecule has 1 aromatic carbocycles. The first-order valence-corrected chi connectivity index (χ1v) is 8.06. The van der Waals surface area contributed by atoms with Crippen molar-refractivity contribution in [1.29, 1.82) is 0 Å². The molecule has 1 fully saturated rings. The molecule has 1 aliphatic rings. The smallest absolute Gasteiger partial charge is 0.436 e. The minimum absolute atomic E-state index is 0.0827. The Bertz CT molecular complexity index is 648. The van der Waals surface area contributed by atoms with Crippen LogP contribution in [0.1, 0.15) is 32.8 Å². The van der Waals surface area contributed by atoms with Gasteiger partial charge in [-0.3, -0.25) is 4.79 Å². The van der Waals surface area contributed by atoms with Crippen LogP contribution in [0.5, 0.6) is 0 Å². The number of imide groups is 1. The van der Waals surface area contributed by atoms with Gasteiger partial charge < -0.3 is 9.47 Å². The number of benzene rings is 1. The van der Waals surface area contributed by atoms with Crippen LogP contribution >= 0.6 is 11.6 Å². The zero-order valence-electron chi connectivity index (χ0n) is 13.7. The van der Waals surface area contributed by atoms with E-state index in [1.165, 1.54) is 0 Å². The third-order valence-electron chi connectivity index (χ3n) is 3.82. The predicted molar refractivity (Wildman–Crippen MR) is 86.2 cm³/mol. The minimum atomic E-state index is -1.32. The van der Waals surface area contributed by atoms with Crippen molar-refractivity contribution in [1.82, 2.24) is 10.0 Å². The lowest BCUT2D eigenvalue weighted by Crippen LogP contribution is -2.77. The molecule has 1 atom stereocenters. The van der Waals surface area contributed by atoms with E-state index in [0.29, 0.717) is 15.6 Å². The highest BCUT2D eigenvalue weighted by atomic mass is 35.5. The topological polar surface area (TPSA) is 76.2 Å². The highest BCUT2D eigenvalue weighted by Crippen LogP contribution is 2.44. The summed E-state index contributed by atoms with van der Waals surface area (Å²) >= 11 is 5.90. The highest BCUT2D eigenvalue weighted by Gasteiger charge is 2.65. The Kier molecular flexibility index (Phi) is 5.33. The average molecular weight is 355 g/mol. The van der Waals surface area contributed by atoms with Gasteiger partial charge in [0.1, 0.15) is 0 Å². The molecule has 1 aromatic rings. The summed E-state index contributed by atoms with van der Waals surface area (Å²) in [7, 11) is 0. The lowest BCUT2D eigenvalue weighted by atomic mass is 9.81. The summed E-state index contributed by atoms with van der Waals surface area (Å²) < 4.78 is 9.88. The van der Waals surface area contributed by atoms with E-state index >= 15 is 0 Å². The fraction of sp³-hybridized carbons (Fsp3) is 0.438. The summed E-state index contributed by atoms with van der Waals surface area (Å²) in [6.07, 6.45) is -1.43. The van der Waals surface area contributed by atoms with Crippen LogP contribution in [-0.4, -0.2) is 41.3 Å². The molecule has 0 saturated carbocycles. The second-order valence-electron chi connectivity index (χ2n) is 5.05. The van der Waals surface area contributed by atoms with Crippen LogP contribution in [0.15, 0.2) is 24.3 Å². The Hall–Kier alpha value is -2.28. The first-order valence-electron chi connectivity index (χ1n) is 7.68. The number of amides is 3. The fourth-order valence-electron chi connectivity index (χ4n) is 2.73. The molecule has 1 saturated heterocycles. The Morgan fingerprint density at radius 3 is 2.08 bits per heavy atom. The normalized spacial score (nSPS) is 19.8. The van der Waals surface area contributed by atoms with Gasteiger partial charge in [0.2, 0.25) is 0 Å². The maximum Gasteiger partial charge on any atom is 0.436 e. The van der Waals surface area contributed by atoms with Crippen molar-refractivity contribution in [2.75, 3.05) is 13.2 Å². The van der Waals surface area contributed by atoms with Gasteiger partial charge in [-0.05, 0) is 38.0 Å². The van der Waals surface area contributed by atoms with Gasteiger partial charge in [0, 0.05) is 5.02 Å². The van der Waals surface area contributed by atoms with E-state index in [4.69, 9.17) is 21.1 Å². The monoisotopic (exact) mass is 354 g/mol. The molecule has 24 heavy (non-hydrogen) atoms. The van der Waals surface area contributed by atoms with Crippen LogP contribution in [0.4, 0.5) is 9.59 Å². The summed E-state index contributed by atoms with van der Waals surface area (Å²) in [6, 6.07) is 6.55. The van der Waals surface area contributed by atoms with E-state index in [1.54, 1.807) is 45.0 Å². The van der Waals surface area contributed by atoms with Crippen LogP contribution in [0.25, 0.3) is 0 Å². The number of rotatable bonds is 4. The summed E-state index contributed by atoms with van der Waals surface area (Å²) in [5.74, 6) is -0.543. The van der Waals surface area contributed by atoms with Gasteiger partial charge in [-0.25, -0.2) is 9.59 Å². The van der Waals surface area contributed by atoms with E-state index < -0.39 is 23.6 Å². The summed E-state index contributed by atoms with van der Waals surface area (Å²) in [5.41, 5.74) is -0.767. The number of carbonyl (C=O) groups is 3. The molecule has 130 valence electrons. The number of hydrogen-bond donors (Lipinski definition) is 0. The standard InChI is InChI=1S/C16H19ClN2O5/c1-4-16(11-7-9-12(17)10-8-11)13(20)18(14(21)23-5-2)19(16)15(22)24-6-3/h7-10H,4-6H2,1-3H3/t16-/m1/s1. The molecule has 0 unspecified atom stereocenters. The second-order valence-corrected chi connectivity index (χ2v) is 5.48. The van der Waals surface area contributed by atoms with E-state index in [-0.39, 0.29) is 19.6 Å². The molecule has 3 amide bonds. The van der Waals surface area contributed by atoms with Gasteiger partial charge in [-0.1, -0.05) is 30.7 Å². The lowest BCUT2D eigenvalue weighted by molar-refractivity contribution is -0.203. The second kappa shape index (κ2) is 7.09. The predicted octanol–water partition coefficient (Wildman–Crippen LogP) is 3.32. The first-order chi connectivity index (χ1) is 11.4. The first kappa shape index (κ1) is 18.1. The van der Waals surface area contributed by atoms with Crippen LogP contribution in [-0.2, 0) is 19.8 Å². The molecule has 2 rings (SSSR count). The molecular weight excluding hydrogens is 336 g/mol. The maximum atomic E-state index is 12.8. The Morgan fingerprint density at radius 2 is 1.58 bits per heavy atom. The summed E-state index contributed by atoms with van der Waals surface area (Å²) in [6.45, 7) is 5.20. The van der Waals surface area contributed by atoms with Gasteiger partial charge in [0.15, 0.2) is 5.54 Å². The molecule has 7 nitrogen and oxygen atoms in total. The van der Waals surface area contributed by atoms with Gasteiger partial charge >= 0.3 is 12.2 Å². The van der Waals surface area contributed by atoms with Crippen molar-refractivity contribution in [3.8, 4) is 0 Å². The highest BCUT2D eigenvalue weighted by molar-refractivity contribution is 6.30. The average Bonchev–Trinajstić information content (AvgIpc) is 2.55. The van der Waals surface area contributed by atoms with Crippen LogP contribution in [0.2, 0.25) is 5.02 Å². The molecule has 1 aliphatic heterocycles. The Labute approximate surface area is 145 Å². The Morgan fingerprint density at radius 1 is 1.04 bits per heavy atom. The lowest BCUT2D eigenvalue weighted by Gasteiger charge is -2.54. The molecule has 1 heterocycles. The third kappa shape index (κ3) is 2.69. The van der Waals surface area contributed by atoms with Crippen LogP contribution < -0.4 is 0 Å². The molecular formula is C16H19ClN2O5. The van der Waals surface area contributed by atoms with Crippen molar-refractivity contribution in [3.05, 3.63) is 34.9 Å². The summed E-state index contributed by atoms with van der Waals surface area (Å²) in [5, 5.41) is 2.20. The van der Waals surface area contributed by atoms with Crippen molar-refractivity contribution in [2.45, 2.75) is 32.7 Å². The zero-order chi connectivity index (χ0) is 17.9. The van der Waals surface area contributed by atoms with Gasteiger partial charge in [0.05, 0.1) is 13.2 Å². The van der Waals surface area contributed by atoms with Crippen LogP contribution in [0, 0.1) is 0 Å². The Balaban J connectivity index is 2.48. The molecule has 0 bridgehead atoms. The van der Waals surface area contributed by atoms with Gasteiger partial charge in [-0.2, -0.15) is 5.01 Å². The number of hydrazine groups is 1. The fourth-order valence-corrected chi connectivity index (χ4v) is 2.86. The number of halogens is 1. The molecule has 8 heteroatoms. The number of ether oxygens (including phenoxy) is 2. The molecule has 0 aromatic heterocycles. The van der Waals surface area contributed by atoms with Crippen molar-refractivity contribution in [3.63, 3.8) is 0 Å². The van der Waals surface area contributed by atoms with E-state index in [2.05, 4.69) is 0 Å². The molecule has 0 radical (unpaired) electrons. The molecule has 0 aliphatic carbocycles. The number of hydrogen-bond acceptors (Lipinski definition) is 5.